The van der Waals surface area contributed by atoms with E-state index in [4.69, 9.17) is 16.3 Å². The molecule has 2 amide bonds. The van der Waals surface area contributed by atoms with Crippen LogP contribution in [-0.4, -0.2) is 63.6 Å². The number of fused-ring (bicyclic) bond motifs is 1. The standard InChI is InChI=1S/C31H33ClN2O5S/c1-4-15-33(22-14-10-9-13-21(22)32)29(37)27-31-19(3)17-24(40-31)25(30(38)39-16-5-2)26(31)28(36)34(27)23(18-35)20-11-7-6-8-12-20/h4-14,19,23-27,35H,1-2,15-18H2,3H3/t19?,23-,24-,25+,26+,27?,31?/m1/s1. The Balaban J connectivity index is 1.68. The summed E-state index contributed by atoms with van der Waals surface area (Å²) < 4.78 is 4.58. The molecule has 7 nitrogen and oxygen atoms in total. The lowest BCUT2D eigenvalue weighted by atomic mass is 9.66. The van der Waals surface area contributed by atoms with E-state index in [1.165, 1.54) is 11.0 Å². The highest BCUT2D eigenvalue weighted by molar-refractivity contribution is 8.02. The third kappa shape index (κ3) is 4.37. The topological polar surface area (TPSA) is 87.1 Å². The number of aliphatic hydroxyl groups excluding tert-OH is 1. The number of halogens is 1. The number of hydrogen-bond donors (Lipinski definition) is 1. The summed E-state index contributed by atoms with van der Waals surface area (Å²) in [4.78, 5) is 45.8. The fraction of sp³-hybridized carbons (Fsp3) is 0.387. The first-order chi connectivity index (χ1) is 19.3. The molecular weight excluding hydrogens is 548 g/mol. The van der Waals surface area contributed by atoms with Crippen molar-refractivity contribution in [3.05, 3.63) is 90.5 Å². The van der Waals surface area contributed by atoms with Crippen molar-refractivity contribution in [3.8, 4) is 0 Å². The number of aliphatic hydroxyl groups is 1. The zero-order valence-corrected chi connectivity index (χ0v) is 23.9. The number of para-hydroxylation sites is 1. The molecule has 0 aromatic heterocycles. The average Bonchev–Trinajstić information content (AvgIpc) is 3.55. The lowest BCUT2D eigenvalue weighted by molar-refractivity contribution is -0.154. The predicted molar refractivity (Wildman–Crippen MR) is 157 cm³/mol. The van der Waals surface area contributed by atoms with Crippen molar-refractivity contribution in [2.24, 2.45) is 17.8 Å². The van der Waals surface area contributed by atoms with Crippen LogP contribution >= 0.6 is 23.4 Å². The number of esters is 1. The van der Waals surface area contributed by atoms with Crippen LogP contribution < -0.4 is 4.90 Å². The van der Waals surface area contributed by atoms with Gasteiger partial charge in [-0.2, -0.15) is 0 Å². The van der Waals surface area contributed by atoms with Gasteiger partial charge in [-0.05, 0) is 30.0 Å². The van der Waals surface area contributed by atoms with Crippen molar-refractivity contribution in [1.29, 1.82) is 0 Å². The molecule has 1 spiro atoms. The van der Waals surface area contributed by atoms with Crippen LogP contribution in [0.2, 0.25) is 5.02 Å². The first-order valence-corrected chi connectivity index (χ1v) is 14.7. The maximum atomic E-state index is 14.8. The number of carbonyl (C=O) groups excluding carboxylic acids is 3. The Morgan fingerprint density at radius 2 is 1.90 bits per heavy atom. The van der Waals surface area contributed by atoms with Gasteiger partial charge in [0.15, 0.2) is 0 Å². The van der Waals surface area contributed by atoms with Crippen LogP contribution in [0.1, 0.15) is 24.9 Å². The van der Waals surface area contributed by atoms with E-state index in [0.29, 0.717) is 22.7 Å². The summed E-state index contributed by atoms with van der Waals surface area (Å²) in [5.41, 5.74) is 1.22. The van der Waals surface area contributed by atoms with Crippen molar-refractivity contribution in [2.75, 3.05) is 24.7 Å². The molecule has 3 fully saturated rings. The van der Waals surface area contributed by atoms with Gasteiger partial charge in [-0.25, -0.2) is 0 Å². The van der Waals surface area contributed by atoms with Gasteiger partial charge in [0.1, 0.15) is 12.6 Å². The zero-order valence-electron chi connectivity index (χ0n) is 22.3. The lowest BCUT2D eigenvalue weighted by Crippen LogP contribution is -2.58. The molecule has 0 saturated carbocycles. The fourth-order valence-electron chi connectivity index (χ4n) is 6.86. The number of likely N-dealkylation sites (tertiary alicyclic amines) is 1. The lowest BCUT2D eigenvalue weighted by Gasteiger charge is -2.42. The number of amides is 2. The Morgan fingerprint density at radius 3 is 2.55 bits per heavy atom. The highest BCUT2D eigenvalue weighted by atomic mass is 35.5. The summed E-state index contributed by atoms with van der Waals surface area (Å²) in [7, 11) is 0. The molecule has 3 aliphatic heterocycles. The summed E-state index contributed by atoms with van der Waals surface area (Å²) in [6.07, 6.45) is 3.79. The quantitative estimate of drug-likeness (QED) is 0.325. The number of carbonyl (C=O) groups is 3. The zero-order chi connectivity index (χ0) is 28.6. The highest BCUT2D eigenvalue weighted by Crippen LogP contribution is 2.69. The van der Waals surface area contributed by atoms with Gasteiger partial charge >= 0.3 is 5.97 Å². The van der Waals surface area contributed by atoms with Crippen molar-refractivity contribution >= 4 is 46.8 Å². The number of anilines is 1. The minimum atomic E-state index is -0.958. The Morgan fingerprint density at radius 1 is 1.20 bits per heavy atom. The fourth-order valence-corrected chi connectivity index (χ4v) is 9.49. The molecule has 2 aromatic rings. The Bertz CT molecular complexity index is 1320. The van der Waals surface area contributed by atoms with Gasteiger partial charge in [0.05, 0.1) is 39.9 Å². The molecule has 210 valence electrons. The van der Waals surface area contributed by atoms with Gasteiger partial charge in [0, 0.05) is 11.8 Å². The summed E-state index contributed by atoms with van der Waals surface area (Å²) in [5.74, 6) is -2.61. The predicted octanol–water partition coefficient (Wildman–Crippen LogP) is 4.66. The van der Waals surface area contributed by atoms with Crippen LogP contribution in [0.5, 0.6) is 0 Å². The van der Waals surface area contributed by atoms with Crippen LogP contribution in [-0.2, 0) is 19.1 Å². The Hall–Kier alpha value is -3.07. The van der Waals surface area contributed by atoms with E-state index in [1.54, 1.807) is 47.0 Å². The van der Waals surface area contributed by atoms with Gasteiger partial charge in [-0.15, -0.1) is 18.3 Å². The molecule has 3 saturated heterocycles. The number of rotatable bonds is 10. The minimum Gasteiger partial charge on any atom is -0.461 e. The van der Waals surface area contributed by atoms with Crippen LogP contribution in [0.4, 0.5) is 5.69 Å². The Kier molecular flexibility index (Phi) is 8.13. The summed E-state index contributed by atoms with van der Waals surface area (Å²) in [5, 5.41) is 10.9. The molecule has 2 bridgehead atoms. The van der Waals surface area contributed by atoms with Crippen molar-refractivity contribution in [3.63, 3.8) is 0 Å². The maximum Gasteiger partial charge on any atom is 0.311 e. The minimum absolute atomic E-state index is 0.0468. The van der Waals surface area contributed by atoms with E-state index in [9.17, 15) is 19.5 Å². The van der Waals surface area contributed by atoms with Crippen molar-refractivity contribution in [2.45, 2.75) is 35.4 Å². The second-order valence-corrected chi connectivity index (χ2v) is 12.5. The maximum absolute atomic E-state index is 14.8. The van der Waals surface area contributed by atoms with Gasteiger partial charge in [-0.1, -0.05) is 79.7 Å². The normalized spacial score (nSPS) is 29.1. The second-order valence-electron chi connectivity index (χ2n) is 10.5. The molecule has 40 heavy (non-hydrogen) atoms. The van der Waals surface area contributed by atoms with E-state index < -0.39 is 34.6 Å². The SMILES string of the molecule is C=CCOC(=O)[C@@H]1[C@H]2C(=O)N([C@H](CO)c3ccccc3)C(C(=O)N(CC=C)c3ccccc3Cl)C23S[C@@H]1CC3C. The molecule has 3 aliphatic rings. The van der Waals surface area contributed by atoms with Gasteiger partial charge < -0.3 is 19.6 Å². The molecule has 9 heteroatoms. The largest absolute Gasteiger partial charge is 0.461 e. The van der Waals surface area contributed by atoms with Gasteiger partial charge in [0.2, 0.25) is 5.91 Å². The van der Waals surface area contributed by atoms with E-state index in [2.05, 4.69) is 13.2 Å². The number of benzene rings is 2. The van der Waals surface area contributed by atoms with E-state index >= 15 is 0 Å². The van der Waals surface area contributed by atoms with E-state index in [-0.39, 0.29) is 42.7 Å². The number of thioether (sulfide) groups is 1. The van der Waals surface area contributed by atoms with Crippen LogP contribution in [0.25, 0.3) is 0 Å². The summed E-state index contributed by atoms with van der Waals surface area (Å²) in [6.45, 7) is 9.37. The molecule has 7 atom stereocenters. The van der Waals surface area contributed by atoms with E-state index in [0.717, 1.165) is 0 Å². The molecule has 0 aliphatic carbocycles. The van der Waals surface area contributed by atoms with Gasteiger partial charge in [-0.3, -0.25) is 14.4 Å². The van der Waals surface area contributed by atoms with Crippen molar-refractivity contribution < 1.29 is 24.2 Å². The van der Waals surface area contributed by atoms with Crippen LogP contribution in [0, 0.1) is 17.8 Å². The van der Waals surface area contributed by atoms with Gasteiger partial charge in [0.25, 0.3) is 5.91 Å². The summed E-state index contributed by atoms with van der Waals surface area (Å²) in [6, 6.07) is 14.5. The molecule has 3 unspecified atom stereocenters. The summed E-state index contributed by atoms with van der Waals surface area (Å²) >= 11 is 8.12. The average molecular weight is 581 g/mol. The number of hydrogen-bond acceptors (Lipinski definition) is 6. The first-order valence-electron chi connectivity index (χ1n) is 13.4. The molecular formula is C31H33ClN2O5S. The molecule has 0 radical (unpaired) electrons. The second kappa shape index (κ2) is 11.4. The van der Waals surface area contributed by atoms with Crippen LogP contribution in [0.3, 0.4) is 0 Å². The van der Waals surface area contributed by atoms with E-state index in [1.807, 2.05) is 37.3 Å². The molecule has 3 heterocycles. The van der Waals surface area contributed by atoms with Crippen LogP contribution in [0.15, 0.2) is 79.9 Å². The first kappa shape index (κ1) is 28.5. The van der Waals surface area contributed by atoms with Crippen molar-refractivity contribution in [1.82, 2.24) is 4.90 Å². The number of nitrogens with zero attached hydrogens (tertiary/aromatic N) is 2. The number of ether oxygens (including phenoxy) is 1. The Labute approximate surface area is 243 Å². The third-order valence-electron chi connectivity index (χ3n) is 8.45. The molecule has 2 aromatic carbocycles. The monoisotopic (exact) mass is 580 g/mol. The molecule has 1 N–H and O–H groups in total. The third-order valence-corrected chi connectivity index (χ3v) is 10.8. The molecule has 5 rings (SSSR count). The highest BCUT2D eigenvalue weighted by Gasteiger charge is 2.77. The smallest absolute Gasteiger partial charge is 0.311 e.